The van der Waals surface area contributed by atoms with Gasteiger partial charge in [0.05, 0.1) is 5.41 Å². The number of nitrogens with two attached hydrogens (primary N) is 1. The Morgan fingerprint density at radius 2 is 1.80 bits per heavy atom. The van der Waals surface area contributed by atoms with Crippen LogP contribution in [0.5, 0.6) is 0 Å². The molecule has 0 spiro atoms. The van der Waals surface area contributed by atoms with Crippen molar-refractivity contribution in [2.75, 3.05) is 13.2 Å². The molecule has 0 aliphatic rings. The number of hydrogen-bond acceptors (Lipinski definition) is 3. The highest BCUT2D eigenvalue weighted by Gasteiger charge is 2.39. The third kappa shape index (κ3) is 4.18. The summed E-state index contributed by atoms with van der Waals surface area (Å²) in [6, 6.07) is 0. The summed E-state index contributed by atoms with van der Waals surface area (Å²) in [5.74, 6) is -0.0343. The van der Waals surface area contributed by atoms with Gasteiger partial charge in [0.25, 0.3) is 0 Å². The van der Waals surface area contributed by atoms with E-state index in [1.54, 1.807) is 0 Å². The molecule has 0 aromatic carbocycles. The lowest BCUT2D eigenvalue weighted by atomic mass is 9.74. The van der Waals surface area contributed by atoms with E-state index in [2.05, 4.69) is 5.32 Å². The minimum absolute atomic E-state index is 0.0343. The molecule has 0 aliphatic carbocycles. The van der Waals surface area contributed by atoms with E-state index < -0.39 is 11.0 Å². The first-order chi connectivity index (χ1) is 6.73. The Labute approximate surface area is 92.2 Å². The Morgan fingerprint density at radius 1 is 1.27 bits per heavy atom. The molecule has 90 valence electrons. The van der Waals surface area contributed by atoms with E-state index in [0.717, 1.165) is 6.42 Å². The molecule has 4 N–H and O–H groups in total. The van der Waals surface area contributed by atoms with Crippen LogP contribution in [0.2, 0.25) is 0 Å². The first-order valence-electron chi connectivity index (χ1n) is 5.41. The fourth-order valence-corrected chi connectivity index (χ4v) is 0.952. The Morgan fingerprint density at radius 3 is 2.20 bits per heavy atom. The fourth-order valence-electron chi connectivity index (χ4n) is 0.952. The van der Waals surface area contributed by atoms with Crippen molar-refractivity contribution in [2.24, 2.45) is 11.1 Å². The molecule has 0 atom stereocenters. The van der Waals surface area contributed by atoms with Crippen LogP contribution in [0.25, 0.3) is 0 Å². The van der Waals surface area contributed by atoms with Crippen molar-refractivity contribution in [2.45, 2.75) is 46.1 Å². The molecule has 0 fully saturated rings. The number of hydrogen-bond donors (Lipinski definition) is 3. The predicted octanol–water partition coefficient (Wildman–Crippen LogP) is 0.639. The lowest BCUT2D eigenvalue weighted by Gasteiger charge is -2.36. The van der Waals surface area contributed by atoms with Crippen LogP contribution in [0.1, 0.15) is 40.5 Å². The molecule has 0 heterocycles. The van der Waals surface area contributed by atoms with Gasteiger partial charge in [-0.05, 0) is 40.5 Å². The number of aliphatic hydroxyl groups excluding tert-OH is 1. The van der Waals surface area contributed by atoms with E-state index in [1.807, 2.05) is 27.7 Å². The molecule has 0 unspecified atom stereocenters. The zero-order valence-corrected chi connectivity index (χ0v) is 10.3. The maximum Gasteiger partial charge on any atom is 0.227 e. The van der Waals surface area contributed by atoms with Gasteiger partial charge in [0, 0.05) is 18.7 Å². The van der Waals surface area contributed by atoms with Crippen molar-refractivity contribution in [3.63, 3.8) is 0 Å². The highest BCUT2D eigenvalue weighted by molar-refractivity contribution is 5.83. The van der Waals surface area contributed by atoms with Gasteiger partial charge < -0.3 is 16.2 Å². The molecule has 4 heteroatoms. The molecule has 0 rings (SSSR count). The van der Waals surface area contributed by atoms with Crippen LogP contribution in [0.4, 0.5) is 0 Å². The average molecular weight is 216 g/mol. The Bertz CT molecular complexity index is 207. The van der Waals surface area contributed by atoms with Crippen LogP contribution >= 0.6 is 0 Å². The molecule has 0 radical (unpaired) electrons. The number of carbonyl (C=O) groups excluding carboxylic acids is 1. The highest BCUT2D eigenvalue weighted by Crippen LogP contribution is 2.28. The van der Waals surface area contributed by atoms with Crippen molar-refractivity contribution in [1.29, 1.82) is 0 Å². The third-order valence-corrected chi connectivity index (χ3v) is 3.05. The number of carbonyl (C=O) groups is 1. The number of amides is 1. The quantitative estimate of drug-likeness (QED) is 0.570. The predicted molar refractivity (Wildman–Crippen MR) is 61.4 cm³/mol. The standard InChI is InChI=1S/C11H24N2O2/c1-10(2,11(3,4)12)9(15)13-7-5-6-8-14/h14H,5-8,12H2,1-4H3,(H,13,15). The maximum atomic E-state index is 11.8. The summed E-state index contributed by atoms with van der Waals surface area (Å²) in [4.78, 5) is 11.8. The van der Waals surface area contributed by atoms with Gasteiger partial charge in [-0.15, -0.1) is 0 Å². The third-order valence-electron chi connectivity index (χ3n) is 3.05. The fraction of sp³-hybridized carbons (Fsp3) is 0.909. The van der Waals surface area contributed by atoms with Gasteiger partial charge in [-0.1, -0.05) is 0 Å². The molecular weight excluding hydrogens is 192 g/mol. The minimum atomic E-state index is -0.591. The van der Waals surface area contributed by atoms with Gasteiger partial charge >= 0.3 is 0 Å². The number of nitrogens with one attached hydrogen (secondary N) is 1. The molecule has 4 nitrogen and oxygen atoms in total. The van der Waals surface area contributed by atoms with Crippen molar-refractivity contribution < 1.29 is 9.90 Å². The van der Waals surface area contributed by atoms with Crippen molar-refractivity contribution in [3.05, 3.63) is 0 Å². The largest absolute Gasteiger partial charge is 0.396 e. The van der Waals surface area contributed by atoms with Gasteiger partial charge in [-0.3, -0.25) is 4.79 Å². The SMILES string of the molecule is CC(C)(N)C(C)(C)C(=O)NCCCCO. The molecular formula is C11H24N2O2. The van der Waals surface area contributed by atoms with Crippen LogP contribution < -0.4 is 11.1 Å². The summed E-state index contributed by atoms with van der Waals surface area (Å²) in [5.41, 5.74) is 4.81. The zero-order chi connectivity index (χ0) is 12.1. The summed E-state index contributed by atoms with van der Waals surface area (Å²) >= 11 is 0. The minimum Gasteiger partial charge on any atom is -0.396 e. The second-order valence-corrected chi connectivity index (χ2v) is 5.03. The van der Waals surface area contributed by atoms with Crippen molar-refractivity contribution in [1.82, 2.24) is 5.32 Å². The summed E-state index contributed by atoms with van der Waals surface area (Å²) in [6.07, 6.45) is 1.51. The van der Waals surface area contributed by atoms with Crippen molar-refractivity contribution >= 4 is 5.91 Å². The second-order valence-electron chi connectivity index (χ2n) is 5.03. The number of rotatable bonds is 6. The van der Waals surface area contributed by atoms with Crippen molar-refractivity contribution in [3.8, 4) is 0 Å². The van der Waals surface area contributed by atoms with Gasteiger partial charge in [0.2, 0.25) is 5.91 Å². The Balaban J connectivity index is 4.10. The monoisotopic (exact) mass is 216 g/mol. The first kappa shape index (κ1) is 14.4. The average Bonchev–Trinajstić information content (AvgIpc) is 2.10. The number of unbranched alkanes of at least 4 members (excludes halogenated alkanes) is 1. The van der Waals surface area contributed by atoms with E-state index in [9.17, 15) is 4.79 Å². The normalized spacial score (nSPS) is 12.7. The van der Waals surface area contributed by atoms with E-state index in [1.165, 1.54) is 0 Å². The van der Waals surface area contributed by atoms with Gasteiger partial charge in [-0.2, -0.15) is 0 Å². The smallest absolute Gasteiger partial charge is 0.227 e. The van der Waals surface area contributed by atoms with Crippen LogP contribution in [0.3, 0.4) is 0 Å². The van der Waals surface area contributed by atoms with E-state index in [0.29, 0.717) is 13.0 Å². The zero-order valence-electron chi connectivity index (χ0n) is 10.3. The van der Waals surface area contributed by atoms with Crippen LogP contribution in [0, 0.1) is 5.41 Å². The molecule has 0 aromatic rings. The lowest BCUT2D eigenvalue weighted by Crippen LogP contribution is -2.55. The maximum absolute atomic E-state index is 11.8. The molecule has 0 saturated carbocycles. The summed E-state index contributed by atoms with van der Waals surface area (Å²) in [5, 5.41) is 11.4. The molecule has 15 heavy (non-hydrogen) atoms. The van der Waals surface area contributed by atoms with Gasteiger partial charge in [0.15, 0.2) is 0 Å². The summed E-state index contributed by atoms with van der Waals surface area (Å²) in [7, 11) is 0. The second kappa shape index (κ2) is 5.47. The highest BCUT2D eigenvalue weighted by atomic mass is 16.2. The van der Waals surface area contributed by atoms with Gasteiger partial charge in [0.1, 0.15) is 0 Å². The molecule has 1 amide bonds. The summed E-state index contributed by atoms with van der Waals surface area (Å²) < 4.78 is 0. The van der Waals surface area contributed by atoms with Gasteiger partial charge in [-0.25, -0.2) is 0 Å². The lowest BCUT2D eigenvalue weighted by molar-refractivity contribution is -0.132. The van der Waals surface area contributed by atoms with Crippen LogP contribution in [-0.4, -0.2) is 29.7 Å². The van der Waals surface area contributed by atoms with E-state index in [4.69, 9.17) is 10.8 Å². The molecule has 0 bridgehead atoms. The molecule has 0 aromatic heterocycles. The topological polar surface area (TPSA) is 75.4 Å². The van der Waals surface area contributed by atoms with E-state index >= 15 is 0 Å². The summed E-state index contributed by atoms with van der Waals surface area (Å²) in [6.45, 7) is 8.14. The molecule has 0 saturated heterocycles. The van der Waals surface area contributed by atoms with Crippen LogP contribution in [0.15, 0.2) is 0 Å². The van der Waals surface area contributed by atoms with Crippen LogP contribution in [-0.2, 0) is 4.79 Å². The Kier molecular flexibility index (Phi) is 5.24. The Hall–Kier alpha value is -0.610. The first-order valence-corrected chi connectivity index (χ1v) is 5.41. The molecule has 0 aliphatic heterocycles. The van der Waals surface area contributed by atoms with E-state index in [-0.39, 0.29) is 12.5 Å². The number of aliphatic hydroxyl groups is 1.